The smallest absolute Gasteiger partial charge is 0.333 e. The van der Waals surface area contributed by atoms with Gasteiger partial charge in [0.25, 0.3) is 5.92 Å². The molecule has 0 atom stereocenters. The Morgan fingerprint density at radius 2 is 1.66 bits per heavy atom. The van der Waals surface area contributed by atoms with E-state index >= 15 is 0 Å². The highest BCUT2D eigenvalue weighted by Crippen LogP contribution is 2.30. The van der Waals surface area contributed by atoms with Gasteiger partial charge < -0.3 is 19.6 Å². The monoisotopic (exact) mass is 446 g/mol. The lowest BCUT2D eigenvalue weighted by Gasteiger charge is -2.18. The number of nitrogens with one attached hydrogen (secondary N) is 1. The molecule has 0 aliphatic carbocycles. The van der Waals surface area contributed by atoms with Crippen LogP contribution in [0, 0.1) is 0 Å². The molecule has 172 valence electrons. The highest BCUT2D eigenvalue weighted by Gasteiger charge is 2.32. The van der Waals surface area contributed by atoms with Crippen molar-refractivity contribution in [3.8, 4) is 11.6 Å². The molecule has 0 radical (unpaired) electrons. The topological polar surface area (TPSA) is 76.5 Å². The molecule has 0 bridgehead atoms. The summed E-state index contributed by atoms with van der Waals surface area (Å²) in [6.45, 7) is 0.769. The van der Waals surface area contributed by atoms with Crippen LogP contribution in [0.25, 0.3) is 5.69 Å². The molecule has 3 rings (SSSR count). The number of alkyl halides is 2. The maximum Gasteiger partial charge on any atom is 0.333 e. The Morgan fingerprint density at radius 3 is 2.34 bits per heavy atom. The highest BCUT2D eigenvalue weighted by atomic mass is 19.3. The number of H-pyrrole nitrogens is 1. The van der Waals surface area contributed by atoms with Crippen LogP contribution in [0.3, 0.4) is 0 Å². The average Bonchev–Trinajstić information content (AvgIpc) is 3.13. The molecule has 1 aromatic heterocycles. The number of aromatic nitrogens is 2. The third kappa shape index (κ3) is 6.77. The molecule has 0 spiro atoms. The fourth-order valence-corrected chi connectivity index (χ4v) is 3.29. The van der Waals surface area contributed by atoms with Gasteiger partial charge in [-0.15, -0.1) is 0 Å². The zero-order chi connectivity index (χ0) is 22.8. The predicted molar refractivity (Wildman–Crippen MR) is 117 cm³/mol. The number of hydrogen-bond donors (Lipinski definition) is 2. The van der Waals surface area contributed by atoms with Gasteiger partial charge in [0.1, 0.15) is 6.61 Å². The minimum absolute atomic E-state index is 0.153. The Labute approximate surface area is 185 Å². The first-order chi connectivity index (χ1) is 15.5. The summed E-state index contributed by atoms with van der Waals surface area (Å²) in [5, 5.41) is 9.73. The van der Waals surface area contributed by atoms with Crippen LogP contribution in [0.5, 0.6) is 5.88 Å². The third-order valence-corrected chi connectivity index (χ3v) is 5.01. The quantitative estimate of drug-likeness (QED) is 0.371. The van der Waals surface area contributed by atoms with E-state index in [1.807, 2.05) is 30.3 Å². The molecule has 32 heavy (non-hydrogen) atoms. The summed E-state index contributed by atoms with van der Waals surface area (Å²) in [7, 11) is 0. The molecule has 0 saturated carbocycles. The van der Waals surface area contributed by atoms with Gasteiger partial charge in [0, 0.05) is 18.8 Å². The lowest BCUT2D eigenvalue weighted by Crippen LogP contribution is -2.22. The Bertz CT molecular complexity index is 1020. The summed E-state index contributed by atoms with van der Waals surface area (Å²) in [6.07, 6.45) is 4.55. The molecule has 1 heterocycles. The molecule has 6 nitrogen and oxygen atoms in total. The van der Waals surface area contributed by atoms with Crippen LogP contribution in [-0.2, 0) is 22.0 Å². The van der Waals surface area contributed by atoms with Crippen molar-refractivity contribution in [1.82, 2.24) is 9.55 Å². The summed E-state index contributed by atoms with van der Waals surface area (Å²) in [6, 6.07) is 15.3. The fourth-order valence-electron chi connectivity index (χ4n) is 3.29. The van der Waals surface area contributed by atoms with Crippen molar-refractivity contribution >= 4 is 0 Å². The molecule has 0 aliphatic rings. The normalized spacial score (nSPS) is 11.7. The summed E-state index contributed by atoms with van der Waals surface area (Å²) >= 11 is 0. The van der Waals surface area contributed by atoms with Gasteiger partial charge in [-0.1, -0.05) is 55.3 Å². The summed E-state index contributed by atoms with van der Waals surface area (Å²) < 4.78 is 40.8. The average molecular weight is 446 g/mol. The van der Waals surface area contributed by atoms with Crippen molar-refractivity contribution in [1.29, 1.82) is 0 Å². The maximum absolute atomic E-state index is 14.5. The first kappa shape index (κ1) is 23.7. The summed E-state index contributed by atoms with van der Waals surface area (Å²) in [5.74, 6) is -3.56. The second-order valence-corrected chi connectivity index (χ2v) is 7.55. The van der Waals surface area contributed by atoms with Crippen LogP contribution in [0.2, 0.25) is 0 Å². The number of hydrogen-bond acceptors (Lipinski definition) is 4. The van der Waals surface area contributed by atoms with E-state index in [1.54, 1.807) is 0 Å². The molecular formula is C24H28F2N2O4. The van der Waals surface area contributed by atoms with Crippen molar-refractivity contribution in [2.75, 3.05) is 19.8 Å². The van der Waals surface area contributed by atoms with Gasteiger partial charge in [0.05, 0.1) is 18.5 Å². The largest absolute Gasteiger partial charge is 0.493 e. The summed E-state index contributed by atoms with van der Waals surface area (Å²) in [5.41, 5.74) is 0.410. The van der Waals surface area contributed by atoms with Gasteiger partial charge in [-0.2, -0.15) is 8.78 Å². The third-order valence-electron chi connectivity index (χ3n) is 5.01. The van der Waals surface area contributed by atoms with E-state index in [-0.39, 0.29) is 23.7 Å². The van der Waals surface area contributed by atoms with Gasteiger partial charge in [-0.3, -0.25) is 0 Å². The minimum atomic E-state index is -3.21. The predicted octanol–water partition coefficient (Wildman–Crippen LogP) is 4.76. The van der Waals surface area contributed by atoms with Crippen LogP contribution in [0.15, 0.2) is 65.6 Å². The molecule has 8 heteroatoms. The molecule has 0 unspecified atom stereocenters. The van der Waals surface area contributed by atoms with Crippen LogP contribution in [0.4, 0.5) is 8.78 Å². The standard InChI is InChI=1S/C24H28F2N2O4/c25-24(26,20-11-8-12-21(15-20)28-22(29)16-27-23(28)30)18-32-14-7-2-1-6-13-31-17-19-9-4-3-5-10-19/h3-5,8-12,15-16,29H,1-2,6-7,13-14,17-18H2,(H,27,30). The van der Waals surface area contributed by atoms with E-state index in [4.69, 9.17) is 9.47 Å². The second-order valence-electron chi connectivity index (χ2n) is 7.55. The number of aromatic amines is 1. The zero-order valence-electron chi connectivity index (χ0n) is 17.8. The van der Waals surface area contributed by atoms with Crippen molar-refractivity contribution < 1.29 is 23.4 Å². The van der Waals surface area contributed by atoms with Crippen molar-refractivity contribution in [2.24, 2.45) is 0 Å². The molecule has 2 aromatic carbocycles. The Kier molecular flexibility index (Phi) is 8.58. The Balaban J connectivity index is 1.33. The SMILES string of the molecule is O=c1[nH]cc(O)n1-c1cccc(C(F)(F)COCCCCCCOCc2ccccc2)c1. The van der Waals surface area contributed by atoms with E-state index < -0.39 is 18.2 Å². The molecule has 0 aliphatic heterocycles. The van der Waals surface area contributed by atoms with Crippen LogP contribution >= 0.6 is 0 Å². The highest BCUT2D eigenvalue weighted by molar-refractivity contribution is 5.40. The first-order valence-corrected chi connectivity index (χ1v) is 10.6. The molecule has 0 saturated heterocycles. The van der Waals surface area contributed by atoms with Crippen LogP contribution in [0.1, 0.15) is 36.8 Å². The molecule has 3 aromatic rings. The van der Waals surface area contributed by atoms with Gasteiger partial charge in [-0.05, 0) is 30.5 Å². The van der Waals surface area contributed by atoms with Gasteiger partial charge in [0.15, 0.2) is 0 Å². The number of benzene rings is 2. The molecular weight excluding hydrogens is 418 g/mol. The van der Waals surface area contributed by atoms with Gasteiger partial charge >= 0.3 is 5.69 Å². The van der Waals surface area contributed by atoms with E-state index in [9.17, 15) is 18.7 Å². The summed E-state index contributed by atoms with van der Waals surface area (Å²) in [4.78, 5) is 14.1. The van der Waals surface area contributed by atoms with Gasteiger partial charge in [0.2, 0.25) is 5.88 Å². The van der Waals surface area contributed by atoms with Crippen LogP contribution in [-0.4, -0.2) is 34.5 Å². The lowest BCUT2D eigenvalue weighted by molar-refractivity contribution is -0.0831. The molecule has 0 amide bonds. The molecule has 0 fully saturated rings. The number of aromatic hydroxyl groups is 1. The maximum atomic E-state index is 14.5. The van der Waals surface area contributed by atoms with Crippen molar-refractivity contribution in [3.05, 3.63) is 82.4 Å². The molecule has 2 N–H and O–H groups in total. The second kappa shape index (κ2) is 11.6. The number of ether oxygens (including phenoxy) is 2. The number of rotatable bonds is 13. The number of halogens is 2. The Hall–Kier alpha value is -2.97. The Morgan fingerprint density at radius 1 is 0.938 bits per heavy atom. The van der Waals surface area contributed by atoms with E-state index in [2.05, 4.69) is 4.98 Å². The number of imidazole rings is 1. The van der Waals surface area contributed by atoms with Crippen LogP contribution < -0.4 is 5.69 Å². The number of nitrogens with zero attached hydrogens (tertiary/aromatic N) is 1. The number of unbranched alkanes of at least 4 members (excludes halogenated alkanes) is 3. The zero-order valence-corrected chi connectivity index (χ0v) is 17.8. The fraction of sp³-hybridized carbons (Fsp3) is 0.375. The van der Waals surface area contributed by atoms with E-state index in [1.165, 1.54) is 24.3 Å². The van der Waals surface area contributed by atoms with Crippen molar-refractivity contribution in [2.45, 2.75) is 38.2 Å². The minimum Gasteiger partial charge on any atom is -0.493 e. The van der Waals surface area contributed by atoms with E-state index in [0.29, 0.717) is 19.6 Å². The first-order valence-electron chi connectivity index (χ1n) is 10.6. The van der Waals surface area contributed by atoms with Gasteiger partial charge in [-0.25, -0.2) is 9.36 Å². The lowest BCUT2D eigenvalue weighted by atomic mass is 10.1. The van der Waals surface area contributed by atoms with E-state index in [0.717, 1.165) is 35.6 Å². The van der Waals surface area contributed by atoms with Crippen molar-refractivity contribution in [3.63, 3.8) is 0 Å².